The molecule has 0 saturated carbocycles. The fourth-order valence-electron chi connectivity index (χ4n) is 2.66. The van der Waals surface area contributed by atoms with E-state index in [-0.39, 0.29) is 5.91 Å². The van der Waals surface area contributed by atoms with Crippen LogP contribution in [0.15, 0.2) is 16.6 Å². The van der Waals surface area contributed by atoms with Crippen molar-refractivity contribution in [2.24, 2.45) is 5.92 Å². The van der Waals surface area contributed by atoms with E-state index in [1.54, 1.807) is 0 Å². The summed E-state index contributed by atoms with van der Waals surface area (Å²) in [6, 6.07) is 3.99. The van der Waals surface area contributed by atoms with Gasteiger partial charge in [-0.2, -0.15) is 0 Å². The lowest BCUT2D eigenvalue weighted by molar-refractivity contribution is -0.116. The van der Waals surface area contributed by atoms with E-state index in [2.05, 4.69) is 27.3 Å². The Bertz CT molecular complexity index is 512. The normalized spacial score (nSPS) is 19.4. The van der Waals surface area contributed by atoms with Crippen molar-refractivity contribution in [3.8, 4) is 5.75 Å². The third-order valence-electron chi connectivity index (χ3n) is 3.85. The highest BCUT2D eigenvalue weighted by molar-refractivity contribution is 9.10. The van der Waals surface area contributed by atoms with Crippen LogP contribution in [0.2, 0.25) is 0 Å². The fraction of sp³-hybridized carbons (Fsp3) is 0.533. The van der Waals surface area contributed by atoms with Gasteiger partial charge in [0, 0.05) is 24.1 Å². The Hall–Kier alpha value is -1.07. The Kier molecular flexibility index (Phi) is 4.27. The Morgan fingerprint density at radius 2 is 2.10 bits per heavy atom. The van der Waals surface area contributed by atoms with Gasteiger partial charge < -0.3 is 14.8 Å². The van der Waals surface area contributed by atoms with Crippen molar-refractivity contribution >= 4 is 27.5 Å². The molecule has 1 N–H and O–H groups in total. The molecule has 1 saturated heterocycles. The number of carbonyl (C=O) groups excluding carboxylic acids is 1. The quantitative estimate of drug-likeness (QED) is 0.920. The molecule has 2 aliphatic rings. The van der Waals surface area contributed by atoms with Crippen LogP contribution in [0.25, 0.3) is 0 Å². The van der Waals surface area contributed by atoms with Crippen molar-refractivity contribution in [3.05, 3.63) is 22.2 Å². The van der Waals surface area contributed by atoms with Gasteiger partial charge in [-0.05, 0) is 42.9 Å². The number of nitrogens with one attached hydrogen (secondary N) is 1. The lowest BCUT2D eigenvalue weighted by Crippen LogP contribution is -2.23. The van der Waals surface area contributed by atoms with Gasteiger partial charge in [0.15, 0.2) is 0 Å². The predicted molar refractivity (Wildman–Crippen MR) is 80.1 cm³/mol. The molecule has 0 atom stereocenters. The number of benzene rings is 1. The van der Waals surface area contributed by atoms with Crippen molar-refractivity contribution in [3.63, 3.8) is 0 Å². The highest BCUT2D eigenvalue weighted by Crippen LogP contribution is 2.36. The van der Waals surface area contributed by atoms with E-state index in [4.69, 9.17) is 9.47 Å². The number of carbonyl (C=O) groups is 1. The van der Waals surface area contributed by atoms with E-state index in [0.29, 0.717) is 18.9 Å². The maximum atomic E-state index is 11.6. The highest BCUT2D eigenvalue weighted by Gasteiger charge is 2.21. The van der Waals surface area contributed by atoms with Gasteiger partial charge in [0.2, 0.25) is 5.91 Å². The van der Waals surface area contributed by atoms with Gasteiger partial charge in [-0.3, -0.25) is 4.79 Å². The summed E-state index contributed by atoms with van der Waals surface area (Å²) < 4.78 is 12.3. The second-order valence-electron chi connectivity index (χ2n) is 5.35. The van der Waals surface area contributed by atoms with Gasteiger partial charge in [0.25, 0.3) is 0 Å². The molecule has 0 radical (unpaired) electrons. The molecule has 5 heteroatoms. The first kappa shape index (κ1) is 13.9. The number of fused-ring (bicyclic) bond motifs is 1. The molecule has 0 unspecified atom stereocenters. The molecule has 108 valence electrons. The van der Waals surface area contributed by atoms with E-state index in [9.17, 15) is 4.79 Å². The third kappa shape index (κ3) is 3.15. The van der Waals surface area contributed by atoms with Gasteiger partial charge in [-0.15, -0.1) is 0 Å². The van der Waals surface area contributed by atoms with Crippen molar-refractivity contribution in [1.82, 2.24) is 0 Å². The van der Waals surface area contributed by atoms with Crippen molar-refractivity contribution in [2.75, 3.05) is 25.1 Å². The smallest absolute Gasteiger partial charge is 0.224 e. The lowest BCUT2D eigenvalue weighted by atomic mass is 10.0. The largest absolute Gasteiger partial charge is 0.491 e. The second-order valence-corrected chi connectivity index (χ2v) is 6.27. The lowest BCUT2D eigenvalue weighted by Gasteiger charge is -2.25. The molecular weight excluding hydrogens is 322 g/mol. The van der Waals surface area contributed by atoms with Crippen molar-refractivity contribution in [1.29, 1.82) is 0 Å². The number of anilines is 1. The third-order valence-corrected chi connectivity index (χ3v) is 4.31. The molecule has 1 aromatic rings. The SMILES string of the molecule is O=C1CCc2cc(Br)cc(OCC3CCOCC3)c2N1. The van der Waals surface area contributed by atoms with Crippen LogP contribution in [0.5, 0.6) is 5.75 Å². The van der Waals surface area contributed by atoms with Gasteiger partial charge in [0.05, 0.1) is 12.3 Å². The van der Waals surface area contributed by atoms with Gasteiger partial charge in [-0.25, -0.2) is 0 Å². The summed E-state index contributed by atoms with van der Waals surface area (Å²) in [6.07, 6.45) is 3.40. The summed E-state index contributed by atoms with van der Waals surface area (Å²) >= 11 is 3.51. The first-order chi connectivity index (χ1) is 9.72. The Labute approximate surface area is 127 Å². The Morgan fingerprint density at radius 1 is 1.30 bits per heavy atom. The zero-order valence-electron chi connectivity index (χ0n) is 11.3. The first-order valence-corrected chi connectivity index (χ1v) is 7.84. The van der Waals surface area contributed by atoms with Crippen molar-refractivity contribution in [2.45, 2.75) is 25.7 Å². The van der Waals surface area contributed by atoms with Crippen LogP contribution >= 0.6 is 15.9 Å². The summed E-state index contributed by atoms with van der Waals surface area (Å²) in [5, 5.41) is 2.93. The van der Waals surface area contributed by atoms with Crippen molar-refractivity contribution < 1.29 is 14.3 Å². The van der Waals surface area contributed by atoms with Crippen LogP contribution in [-0.4, -0.2) is 25.7 Å². The molecule has 0 bridgehead atoms. The van der Waals surface area contributed by atoms with Crippen LogP contribution in [0.1, 0.15) is 24.8 Å². The molecule has 3 rings (SSSR count). The minimum absolute atomic E-state index is 0.0655. The first-order valence-electron chi connectivity index (χ1n) is 7.05. The number of aryl methyl sites for hydroxylation is 1. The van der Waals surface area contributed by atoms with E-state index >= 15 is 0 Å². The molecule has 0 aliphatic carbocycles. The van der Waals surface area contributed by atoms with E-state index in [0.717, 1.165) is 53.9 Å². The van der Waals surface area contributed by atoms with Crippen LogP contribution in [0.4, 0.5) is 5.69 Å². The predicted octanol–water partition coefficient (Wildman–Crippen LogP) is 3.14. The number of ether oxygens (including phenoxy) is 2. The molecule has 1 aromatic carbocycles. The summed E-state index contributed by atoms with van der Waals surface area (Å²) in [7, 11) is 0. The molecule has 4 nitrogen and oxygen atoms in total. The summed E-state index contributed by atoms with van der Waals surface area (Å²) in [5.74, 6) is 1.38. The average molecular weight is 340 g/mol. The summed E-state index contributed by atoms with van der Waals surface area (Å²) in [6.45, 7) is 2.32. The Balaban J connectivity index is 1.74. The standard InChI is InChI=1S/C15H18BrNO3/c16-12-7-11-1-2-14(18)17-15(11)13(8-12)20-9-10-3-5-19-6-4-10/h7-8,10H,1-6,9H2,(H,17,18). The highest BCUT2D eigenvalue weighted by atomic mass is 79.9. The molecule has 0 aromatic heterocycles. The molecule has 1 amide bonds. The van der Waals surface area contributed by atoms with E-state index in [1.807, 2.05) is 6.07 Å². The molecule has 2 heterocycles. The molecular formula is C15H18BrNO3. The molecule has 1 fully saturated rings. The minimum Gasteiger partial charge on any atom is -0.491 e. The van der Waals surface area contributed by atoms with E-state index in [1.165, 1.54) is 0 Å². The van der Waals surface area contributed by atoms with Crippen LogP contribution < -0.4 is 10.1 Å². The topological polar surface area (TPSA) is 47.6 Å². The number of hydrogen-bond acceptors (Lipinski definition) is 3. The van der Waals surface area contributed by atoms with Crippen LogP contribution in [-0.2, 0) is 16.0 Å². The van der Waals surface area contributed by atoms with Gasteiger partial charge in [0.1, 0.15) is 5.75 Å². The van der Waals surface area contributed by atoms with E-state index < -0.39 is 0 Å². The second kappa shape index (κ2) is 6.14. The van der Waals surface area contributed by atoms with Crippen LogP contribution in [0.3, 0.4) is 0 Å². The number of hydrogen-bond donors (Lipinski definition) is 1. The molecule has 2 aliphatic heterocycles. The number of halogens is 1. The minimum atomic E-state index is 0.0655. The van der Waals surface area contributed by atoms with Gasteiger partial charge >= 0.3 is 0 Å². The number of amides is 1. The zero-order valence-corrected chi connectivity index (χ0v) is 12.9. The van der Waals surface area contributed by atoms with Crippen LogP contribution in [0, 0.1) is 5.92 Å². The summed E-state index contributed by atoms with van der Waals surface area (Å²) in [4.78, 5) is 11.6. The van der Waals surface area contributed by atoms with Gasteiger partial charge in [-0.1, -0.05) is 15.9 Å². The Morgan fingerprint density at radius 3 is 2.90 bits per heavy atom. The average Bonchev–Trinajstić information content (AvgIpc) is 2.46. The molecule has 0 spiro atoms. The zero-order chi connectivity index (χ0) is 13.9. The maximum Gasteiger partial charge on any atom is 0.224 e. The fourth-order valence-corrected chi connectivity index (χ4v) is 3.14. The number of rotatable bonds is 3. The summed E-state index contributed by atoms with van der Waals surface area (Å²) in [5.41, 5.74) is 1.98. The molecule has 20 heavy (non-hydrogen) atoms. The maximum absolute atomic E-state index is 11.6. The monoisotopic (exact) mass is 339 g/mol.